The zero-order valence-corrected chi connectivity index (χ0v) is 26.6. The molecule has 0 saturated carbocycles. The smallest absolute Gasteiger partial charge is 0.328 e. The Kier molecular flexibility index (Phi) is 10.2. The molecule has 2 amide bonds. The van der Waals surface area contributed by atoms with Crippen molar-refractivity contribution in [2.75, 3.05) is 5.75 Å². The molecule has 1 saturated heterocycles. The van der Waals surface area contributed by atoms with Gasteiger partial charge in [-0.15, -0.1) is 0 Å². The molecule has 234 valence electrons. The Hall–Kier alpha value is -4.12. The van der Waals surface area contributed by atoms with Gasteiger partial charge < -0.3 is 25.5 Å². The lowest BCUT2D eigenvalue weighted by Crippen LogP contribution is -2.30. The highest BCUT2D eigenvalue weighted by atomic mass is 32.1. The van der Waals surface area contributed by atoms with Gasteiger partial charge in [0.05, 0.1) is 11.8 Å². The van der Waals surface area contributed by atoms with E-state index in [-0.39, 0.29) is 42.5 Å². The van der Waals surface area contributed by atoms with Crippen LogP contribution in [-0.2, 0) is 32.0 Å². The van der Waals surface area contributed by atoms with Gasteiger partial charge in [-0.1, -0.05) is 13.8 Å². The van der Waals surface area contributed by atoms with E-state index in [9.17, 15) is 29.4 Å². The van der Waals surface area contributed by atoms with Gasteiger partial charge in [0.15, 0.2) is 0 Å². The zero-order valence-electron chi connectivity index (χ0n) is 25.7. The number of aliphatic carboxylic acids is 2. The Morgan fingerprint density at radius 2 is 1.80 bits per heavy atom. The average molecular weight is 621 g/mol. The number of carboxylic acids is 2. The second-order valence-electron chi connectivity index (χ2n) is 11.5. The Bertz CT molecular complexity index is 1720. The van der Waals surface area contributed by atoms with Crippen molar-refractivity contribution >= 4 is 60.3 Å². The van der Waals surface area contributed by atoms with Gasteiger partial charge in [-0.05, 0) is 92.2 Å². The molecular weight excluding hydrogens is 580 g/mol. The Morgan fingerprint density at radius 1 is 1.07 bits per heavy atom. The molecule has 2 aliphatic rings. The largest absolute Gasteiger partial charge is 0.481 e. The van der Waals surface area contributed by atoms with Crippen LogP contribution in [-0.4, -0.2) is 61.4 Å². The number of hydrogen-bond donors (Lipinski definition) is 6. The van der Waals surface area contributed by atoms with E-state index < -0.39 is 11.9 Å². The number of nitrogens with one attached hydrogen (secondary N) is 3. The quantitative estimate of drug-likeness (QED) is 0.158. The van der Waals surface area contributed by atoms with E-state index in [0.29, 0.717) is 46.5 Å². The summed E-state index contributed by atoms with van der Waals surface area (Å²) < 4.78 is 0. The number of hydrogen-bond acceptors (Lipinski definition) is 5. The predicted molar refractivity (Wildman–Crippen MR) is 173 cm³/mol. The van der Waals surface area contributed by atoms with Gasteiger partial charge in [0.25, 0.3) is 5.91 Å². The second-order valence-corrected chi connectivity index (χ2v) is 11.9. The molecule has 2 aromatic rings. The van der Waals surface area contributed by atoms with Crippen LogP contribution in [0.15, 0.2) is 22.2 Å². The van der Waals surface area contributed by atoms with E-state index in [4.69, 9.17) is 0 Å². The summed E-state index contributed by atoms with van der Waals surface area (Å²) in [6.45, 7) is 9.54. The van der Waals surface area contributed by atoms with Crippen LogP contribution < -0.4 is 16.0 Å². The van der Waals surface area contributed by atoms with E-state index in [1.807, 2.05) is 46.8 Å². The van der Waals surface area contributed by atoms with Crippen molar-refractivity contribution in [3.63, 3.8) is 0 Å². The first kappa shape index (κ1) is 32.8. The average Bonchev–Trinajstić information content (AvgIpc) is 3.60. The third kappa shape index (κ3) is 6.83. The Balaban J connectivity index is 1.86. The summed E-state index contributed by atoms with van der Waals surface area (Å²) in [7, 11) is 0. The molecule has 4 heterocycles. The van der Waals surface area contributed by atoms with E-state index >= 15 is 0 Å². The molecule has 3 atom stereocenters. The van der Waals surface area contributed by atoms with Crippen molar-refractivity contribution in [3.05, 3.63) is 61.6 Å². The summed E-state index contributed by atoms with van der Waals surface area (Å²) >= 11 is 4.39. The number of aliphatic imine (C=N–C) groups is 1. The highest BCUT2D eigenvalue weighted by molar-refractivity contribution is 7.80. The number of allylic oxidation sites excluding steroid dienone is 1. The van der Waals surface area contributed by atoms with Crippen LogP contribution in [0.3, 0.4) is 0 Å². The molecule has 44 heavy (non-hydrogen) atoms. The van der Waals surface area contributed by atoms with Crippen LogP contribution in [0.1, 0.15) is 73.7 Å². The summed E-state index contributed by atoms with van der Waals surface area (Å²) in [6, 6.07) is -0.199. The monoisotopic (exact) mass is 620 g/mol. The van der Waals surface area contributed by atoms with Crippen molar-refractivity contribution in [2.24, 2.45) is 16.8 Å². The van der Waals surface area contributed by atoms with Gasteiger partial charge >= 0.3 is 11.9 Å². The number of amides is 2. The maximum Gasteiger partial charge on any atom is 0.328 e. The predicted octanol–water partition coefficient (Wildman–Crippen LogP) is 3.00. The normalized spacial score (nSPS) is 21.2. The zero-order chi connectivity index (χ0) is 32.3. The number of carbonyl (C=O) groups excluding carboxylic acids is 2. The molecule has 4 rings (SSSR count). The Labute approximate surface area is 261 Å². The number of rotatable bonds is 12. The fraction of sp³-hybridized carbons (Fsp3) is 0.424. The maximum absolute atomic E-state index is 12.5. The van der Waals surface area contributed by atoms with E-state index in [0.717, 1.165) is 45.8 Å². The summed E-state index contributed by atoms with van der Waals surface area (Å²) in [5.74, 6) is -1.65. The summed E-state index contributed by atoms with van der Waals surface area (Å²) in [4.78, 5) is 59.0. The number of H-pyrrole nitrogens is 2. The van der Waals surface area contributed by atoms with E-state index in [2.05, 4.69) is 32.9 Å². The summed E-state index contributed by atoms with van der Waals surface area (Å²) in [5.41, 5.74) is 6.85. The van der Waals surface area contributed by atoms with Gasteiger partial charge in [-0.25, -0.2) is 9.79 Å². The third-order valence-electron chi connectivity index (χ3n) is 8.87. The molecular formula is C33H40N4O6S. The number of thiol groups is 1. The minimum Gasteiger partial charge on any atom is -0.481 e. The first-order valence-corrected chi connectivity index (χ1v) is 15.5. The molecule has 11 heteroatoms. The van der Waals surface area contributed by atoms with Crippen molar-refractivity contribution in [2.45, 2.75) is 72.8 Å². The number of carboxylic acid groups (broad SMARTS) is 2. The van der Waals surface area contributed by atoms with Gasteiger partial charge in [-0.3, -0.25) is 14.4 Å². The fourth-order valence-corrected chi connectivity index (χ4v) is 6.51. The third-order valence-corrected chi connectivity index (χ3v) is 9.12. The van der Waals surface area contributed by atoms with Crippen molar-refractivity contribution < 1.29 is 29.4 Å². The summed E-state index contributed by atoms with van der Waals surface area (Å²) in [6.07, 6.45) is 8.41. The van der Waals surface area contributed by atoms with Crippen LogP contribution in [0.2, 0.25) is 0 Å². The topological polar surface area (TPSA) is 165 Å². The van der Waals surface area contributed by atoms with Crippen LogP contribution in [0, 0.1) is 25.7 Å². The number of aromatic nitrogens is 2. The molecule has 1 unspecified atom stereocenters. The van der Waals surface area contributed by atoms with Crippen LogP contribution in [0.4, 0.5) is 0 Å². The highest BCUT2D eigenvalue weighted by Crippen LogP contribution is 2.28. The maximum atomic E-state index is 12.5. The van der Waals surface area contributed by atoms with Gasteiger partial charge in [0.2, 0.25) is 5.91 Å². The van der Waals surface area contributed by atoms with E-state index in [1.165, 1.54) is 6.08 Å². The van der Waals surface area contributed by atoms with Gasteiger partial charge in [0, 0.05) is 58.1 Å². The van der Waals surface area contributed by atoms with Crippen molar-refractivity contribution in [3.8, 4) is 0 Å². The molecule has 0 spiro atoms. The van der Waals surface area contributed by atoms with E-state index in [1.54, 1.807) is 0 Å². The van der Waals surface area contributed by atoms with Crippen LogP contribution in [0.5, 0.6) is 0 Å². The SMILES string of the molecule is CCC1=C(C)C(Cc2[nH]c(/C=c3\[nH]/c(=C\C4NC(=O)[C@H](C)[C@H]4CCS)c(C)c3CCC(=O)O)c(/C=C\C(=O)O)c2C)=NC1=O. The lowest BCUT2D eigenvalue weighted by atomic mass is 9.89. The number of aromatic amines is 2. The Morgan fingerprint density at radius 3 is 2.41 bits per heavy atom. The van der Waals surface area contributed by atoms with Crippen molar-refractivity contribution in [1.82, 2.24) is 15.3 Å². The van der Waals surface area contributed by atoms with Crippen LogP contribution >= 0.6 is 12.6 Å². The van der Waals surface area contributed by atoms with Crippen LogP contribution in [0.25, 0.3) is 18.2 Å². The molecule has 0 aliphatic carbocycles. The minimum absolute atomic E-state index is 0.00548. The molecule has 0 aromatic carbocycles. The number of carbonyl (C=O) groups is 4. The van der Waals surface area contributed by atoms with Gasteiger partial charge in [-0.2, -0.15) is 12.6 Å². The molecule has 2 aromatic heterocycles. The first-order chi connectivity index (χ1) is 20.9. The molecule has 0 bridgehead atoms. The molecule has 2 aliphatic heterocycles. The molecule has 1 fully saturated rings. The molecule has 10 nitrogen and oxygen atoms in total. The second kappa shape index (κ2) is 13.7. The minimum atomic E-state index is -1.09. The molecule has 0 radical (unpaired) electrons. The standard InChI is InChI=1S/C33H40N4O6S/c1-6-20-16(2)26(36-33(20)43)13-24-17(3)21(7-9-30(38)39)27(34-24)15-28-22(8-10-31(40)41)18(4)25(35-28)14-29-23(11-12-44)19(5)32(42)37-29/h7,9,14-15,19,23,29,34-35,44H,6,8,10-13H2,1-5H3,(H,37,42)(H,38,39)(H,40,41)/b9-7-,25-14-,28-15-/t19-,23-,29?/m1/s1. The first-order valence-electron chi connectivity index (χ1n) is 14.8. The number of nitrogens with zero attached hydrogens (tertiary/aromatic N) is 1. The van der Waals surface area contributed by atoms with Crippen molar-refractivity contribution in [1.29, 1.82) is 0 Å². The fourth-order valence-electron chi connectivity index (χ4n) is 6.21. The highest BCUT2D eigenvalue weighted by Gasteiger charge is 2.37. The molecule has 5 N–H and O–H groups in total. The van der Waals surface area contributed by atoms with Gasteiger partial charge in [0.1, 0.15) is 0 Å². The lowest BCUT2D eigenvalue weighted by Gasteiger charge is -2.16. The lowest BCUT2D eigenvalue weighted by molar-refractivity contribution is -0.137. The summed E-state index contributed by atoms with van der Waals surface area (Å²) in [5, 5.41) is 23.4.